The van der Waals surface area contributed by atoms with Crippen LogP contribution in [0.2, 0.25) is 0 Å². The van der Waals surface area contributed by atoms with Crippen molar-refractivity contribution in [3.05, 3.63) is 0 Å². The van der Waals surface area contributed by atoms with Gasteiger partial charge >= 0.3 is 15.2 Å². The Balaban J connectivity index is 4.45. The van der Waals surface area contributed by atoms with Crippen molar-refractivity contribution >= 4 is 15.2 Å². The Morgan fingerprint density at radius 2 is 1.74 bits per heavy atom. The molecule has 2 unspecified atom stereocenters. The molecule has 2 atom stereocenters. The van der Waals surface area contributed by atoms with Gasteiger partial charge in [0.15, 0.2) is 5.40 Å². The number of hydrogen-bond donors (Lipinski definition) is 4. The van der Waals surface area contributed by atoms with Crippen molar-refractivity contribution in [2.75, 3.05) is 20.1 Å². The fourth-order valence-corrected chi connectivity index (χ4v) is 4.30. The Bertz CT molecular complexity index is 345. The molecule has 0 aliphatic heterocycles. The molecule has 0 saturated carbocycles. The van der Waals surface area contributed by atoms with E-state index in [0.717, 1.165) is 25.8 Å². The van der Waals surface area contributed by atoms with Gasteiger partial charge in [0, 0.05) is 0 Å². The van der Waals surface area contributed by atoms with Crippen LogP contribution in [0.1, 0.15) is 32.6 Å². The summed E-state index contributed by atoms with van der Waals surface area (Å²) in [7, 11) is -7.80. The van der Waals surface area contributed by atoms with Crippen molar-refractivity contribution in [3.8, 4) is 0 Å². The molecule has 0 rings (SSSR count). The van der Waals surface area contributed by atoms with E-state index < -0.39 is 20.6 Å². The van der Waals surface area contributed by atoms with E-state index in [1.54, 1.807) is 7.05 Å². The van der Waals surface area contributed by atoms with E-state index in [1.807, 2.05) is 4.90 Å². The van der Waals surface area contributed by atoms with Crippen LogP contribution in [-0.4, -0.2) is 50.4 Å². The quantitative estimate of drug-likeness (QED) is 0.207. The van der Waals surface area contributed by atoms with Crippen molar-refractivity contribution in [1.29, 1.82) is 0 Å². The molecule has 0 amide bonds. The molecule has 19 heavy (non-hydrogen) atoms. The molecule has 0 radical (unpaired) electrons. The van der Waals surface area contributed by atoms with Crippen LogP contribution in [0, 0.1) is 0 Å². The molecular formula is C9H23NO7P2. The molecule has 0 saturated heterocycles. The second-order valence-corrected chi connectivity index (χ2v) is 8.64. The first-order valence-electron chi connectivity index (χ1n) is 6.04. The average molecular weight is 319 g/mol. The molecule has 0 aliphatic carbocycles. The summed E-state index contributed by atoms with van der Waals surface area (Å²) < 4.78 is 25.9. The molecule has 0 heterocycles. The first-order valence-corrected chi connectivity index (χ1v) is 9.37. The summed E-state index contributed by atoms with van der Waals surface area (Å²) in [6.07, 6.45) is 2.82. The maximum atomic E-state index is 11.4. The van der Waals surface area contributed by atoms with E-state index in [4.69, 9.17) is 15.0 Å². The molecule has 0 aromatic heterocycles. The smallest absolute Gasteiger partial charge is 0.324 e. The second kappa shape index (κ2) is 8.49. The van der Waals surface area contributed by atoms with E-state index >= 15 is 0 Å². The summed E-state index contributed by atoms with van der Waals surface area (Å²) in [5, 5.41) is 6.39. The minimum atomic E-state index is -4.83. The van der Waals surface area contributed by atoms with Crippen LogP contribution >= 0.6 is 15.2 Å². The fraction of sp³-hybridized carbons (Fsp3) is 1.00. The van der Waals surface area contributed by atoms with E-state index in [2.05, 4.69) is 11.6 Å². The van der Waals surface area contributed by atoms with Crippen LogP contribution in [0.4, 0.5) is 0 Å². The largest absolute Gasteiger partial charge is 0.370 e. The van der Waals surface area contributed by atoms with Crippen LogP contribution < -0.4 is 0 Å². The van der Waals surface area contributed by atoms with E-state index in [9.17, 15) is 14.0 Å². The molecule has 0 bridgehead atoms. The Morgan fingerprint density at radius 3 is 2.16 bits per heavy atom. The molecule has 0 aromatic rings. The zero-order chi connectivity index (χ0) is 15.1. The summed E-state index contributed by atoms with van der Waals surface area (Å²) in [5.41, 5.74) is 0. The molecule has 116 valence electrons. The number of nitrogens with zero attached hydrogens (tertiary/aromatic N) is 1. The number of unbranched alkanes of at least 4 members (excludes halogenated alkanes) is 2. The van der Waals surface area contributed by atoms with Gasteiger partial charge in [-0.15, -0.1) is 0 Å². The summed E-state index contributed by atoms with van der Waals surface area (Å²) in [4.78, 5) is 29.1. The topological polar surface area (TPSA) is 128 Å². The third-order valence-corrected chi connectivity index (χ3v) is 6.85. The van der Waals surface area contributed by atoms with Crippen molar-refractivity contribution in [3.63, 3.8) is 0 Å². The lowest BCUT2D eigenvalue weighted by atomic mass is 10.2. The van der Waals surface area contributed by atoms with Crippen molar-refractivity contribution < 1.29 is 33.7 Å². The molecule has 0 aliphatic rings. The predicted molar refractivity (Wildman–Crippen MR) is 71.0 cm³/mol. The van der Waals surface area contributed by atoms with Crippen LogP contribution in [-0.2, 0) is 13.8 Å². The van der Waals surface area contributed by atoms with Gasteiger partial charge in [-0.3, -0.25) is 9.13 Å². The van der Waals surface area contributed by atoms with Gasteiger partial charge < -0.3 is 19.6 Å². The van der Waals surface area contributed by atoms with Gasteiger partial charge in [-0.25, -0.2) is 5.26 Å². The first-order chi connectivity index (χ1) is 8.65. The molecule has 10 heteroatoms. The minimum Gasteiger partial charge on any atom is -0.324 e. The summed E-state index contributed by atoms with van der Waals surface area (Å²) in [5.74, 6) is 0. The average Bonchev–Trinajstić information content (AvgIpc) is 2.27. The standard InChI is InChI=1S/C9H23NO7P2/c1-3-4-5-7-10(2)8-6-9(18(12,13)14)19(15,16)17-11/h9,11H,3-8H2,1-2H3,(H,15,16)(H2,12,13,14). The Hall–Kier alpha value is 0.220. The summed E-state index contributed by atoms with van der Waals surface area (Å²) >= 11 is 0. The molecule has 0 aromatic carbocycles. The van der Waals surface area contributed by atoms with Crippen molar-refractivity contribution in [1.82, 2.24) is 4.90 Å². The van der Waals surface area contributed by atoms with Crippen molar-refractivity contribution in [2.45, 2.75) is 38.0 Å². The van der Waals surface area contributed by atoms with E-state index in [0.29, 0.717) is 0 Å². The highest BCUT2D eigenvalue weighted by Gasteiger charge is 2.45. The molecule has 0 fully saturated rings. The van der Waals surface area contributed by atoms with Gasteiger partial charge in [0.2, 0.25) is 0 Å². The first kappa shape index (κ1) is 19.2. The highest BCUT2D eigenvalue weighted by Crippen LogP contribution is 2.63. The Morgan fingerprint density at radius 1 is 1.16 bits per heavy atom. The van der Waals surface area contributed by atoms with Gasteiger partial charge in [-0.1, -0.05) is 19.8 Å². The molecule has 0 spiro atoms. The Kier molecular flexibility index (Phi) is 8.59. The van der Waals surface area contributed by atoms with Gasteiger partial charge in [0.25, 0.3) is 0 Å². The number of rotatable bonds is 10. The lowest BCUT2D eigenvalue weighted by Gasteiger charge is -2.23. The summed E-state index contributed by atoms with van der Waals surface area (Å²) in [6.45, 7) is 3.02. The minimum absolute atomic E-state index is 0.230. The van der Waals surface area contributed by atoms with Gasteiger partial charge in [0.1, 0.15) is 0 Å². The monoisotopic (exact) mass is 319 g/mol. The van der Waals surface area contributed by atoms with E-state index in [1.165, 1.54) is 0 Å². The van der Waals surface area contributed by atoms with Crippen LogP contribution in [0.5, 0.6) is 0 Å². The third kappa shape index (κ3) is 7.54. The molecule has 8 nitrogen and oxygen atoms in total. The number of hydrogen-bond acceptors (Lipinski definition) is 5. The maximum Gasteiger partial charge on any atom is 0.370 e. The molecule has 4 N–H and O–H groups in total. The zero-order valence-corrected chi connectivity index (χ0v) is 13.0. The lowest BCUT2D eigenvalue weighted by Crippen LogP contribution is -2.25. The molecular weight excluding hydrogens is 296 g/mol. The highest BCUT2D eigenvalue weighted by atomic mass is 31.2. The Labute approximate surface area is 113 Å². The third-order valence-electron chi connectivity index (χ3n) is 2.79. The van der Waals surface area contributed by atoms with Crippen molar-refractivity contribution in [2.24, 2.45) is 0 Å². The normalized spacial score (nSPS) is 17.4. The maximum absolute atomic E-state index is 11.4. The van der Waals surface area contributed by atoms with Crippen LogP contribution in [0.3, 0.4) is 0 Å². The SMILES string of the molecule is CCCCCN(C)CCC(P(=O)(O)O)P(=O)(O)OO. The highest BCUT2D eigenvalue weighted by molar-refractivity contribution is 7.71. The van der Waals surface area contributed by atoms with E-state index in [-0.39, 0.29) is 13.0 Å². The summed E-state index contributed by atoms with van der Waals surface area (Å²) in [6, 6.07) is 0. The lowest BCUT2D eigenvalue weighted by molar-refractivity contribution is -0.146. The second-order valence-electron chi connectivity index (χ2n) is 4.51. The predicted octanol–water partition coefficient (Wildman–Crippen LogP) is 1.68. The van der Waals surface area contributed by atoms with Gasteiger partial charge in [-0.2, -0.15) is 4.67 Å². The fourth-order valence-electron chi connectivity index (χ4n) is 1.66. The van der Waals surface area contributed by atoms with Crippen LogP contribution in [0.15, 0.2) is 0 Å². The van der Waals surface area contributed by atoms with Gasteiger partial charge in [0.05, 0.1) is 0 Å². The van der Waals surface area contributed by atoms with Gasteiger partial charge in [-0.05, 0) is 33.0 Å². The zero-order valence-electron chi connectivity index (χ0n) is 11.2. The van der Waals surface area contributed by atoms with Crippen LogP contribution in [0.25, 0.3) is 0 Å².